The molecule has 0 aliphatic carbocycles. The van der Waals surface area contributed by atoms with Crippen molar-refractivity contribution in [2.75, 3.05) is 13.6 Å². The zero-order valence-electron chi connectivity index (χ0n) is 8.34. The Hall–Kier alpha value is -2.38. The van der Waals surface area contributed by atoms with Gasteiger partial charge in [-0.2, -0.15) is 0 Å². The summed E-state index contributed by atoms with van der Waals surface area (Å²) in [4.78, 5) is 34.9. The van der Waals surface area contributed by atoms with Crippen LogP contribution in [0.25, 0.3) is 0 Å². The summed E-state index contributed by atoms with van der Waals surface area (Å²) < 4.78 is 0. The average Bonchev–Trinajstić information content (AvgIpc) is 2.64. The van der Waals surface area contributed by atoms with Crippen LogP contribution in [0.5, 0.6) is 0 Å². The number of carbonyl (C=O) groups excluding carboxylic acids is 1. The van der Waals surface area contributed by atoms with Gasteiger partial charge in [-0.05, 0) is 0 Å². The lowest BCUT2D eigenvalue weighted by Gasteiger charge is -2.12. The summed E-state index contributed by atoms with van der Waals surface area (Å²) in [5, 5.41) is 18.8. The van der Waals surface area contributed by atoms with E-state index < -0.39 is 23.3 Å². The van der Waals surface area contributed by atoms with Gasteiger partial charge in [0.25, 0.3) is 11.6 Å². The molecule has 86 valence electrons. The van der Waals surface area contributed by atoms with Crippen LogP contribution in [0, 0.1) is 10.1 Å². The molecule has 0 spiro atoms. The van der Waals surface area contributed by atoms with E-state index in [1.807, 2.05) is 0 Å². The number of rotatable bonds is 4. The summed E-state index contributed by atoms with van der Waals surface area (Å²) in [5.41, 5.74) is -0.262. The Morgan fingerprint density at radius 2 is 2.25 bits per heavy atom. The van der Waals surface area contributed by atoms with Crippen molar-refractivity contribution in [2.24, 2.45) is 0 Å². The second-order valence-corrected chi connectivity index (χ2v) is 3.08. The Balaban J connectivity index is 2.80. The number of nitro groups is 1. The molecular formula is C8H9N3O5. The molecule has 0 aromatic carbocycles. The smallest absolute Gasteiger partial charge is 0.323 e. The number of likely N-dealkylation sites (N-methyl/N-ethyl adjacent to an activating group) is 1. The maximum Gasteiger partial charge on any atom is 0.323 e. The minimum absolute atomic E-state index is 0.0181. The van der Waals surface area contributed by atoms with Crippen molar-refractivity contribution in [1.29, 1.82) is 0 Å². The number of amides is 1. The molecule has 0 radical (unpaired) electrons. The van der Waals surface area contributed by atoms with Gasteiger partial charge in [0.05, 0.1) is 11.1 Å². The zero-order chi connectivity index (χ0) is 12.3. The van der Waals surface area contributed by atoms with Crippen molar-refractivity contribution in [3.63, 3.8) is 0 Å². The molecule has 0 aliphatic rings. The van der Waals surface area contributed by atoms with E-state index in [-0.39, 0.29) is 11.4 Å². The van der Waals surface area contributed by atoms with Crippen molar-refractivity contribution < 1.29 is 19.6 Å². The first-order valence-electron chi connectivity index (χ1n) is 4.22. The molecule has 1 amide bonds. The predicted molar refractivity (Wildman–Crippen MR) is 52.0 cm³/mol. The summed E-state index contributed by atoms with van der Waals surface area (Å²) >= 11 is 0. The molecule has 0 saturated heterocycles. The highest BCUT2D eigenvalue weighted by molar-refractivity contribution is 5.94. The normalized spacial score (nSPS) is 9.81. The fourth-order valence-electron chi connectivity index (χ4n) is 1.09. The minimum Gasteiger partial charge on any atom is -0.480 e. The van der Waals surface area contributed by atoms with Crippen LogP contribution >= 0.6 is 0 Å². The molecule has 0 atom stereocenters. The van der Waals surface area contributed by atoms with Gasteiger partial charge < -0.3 is 15.0 Å². The van der Waals surface area contributed by atoms with Crippen molar-refractivity contribution in [3.8, 4) is 0 Å². The van der Waals surface area contributed by atoms with Gasteiger partial charge in [-0.25, -0.2) is 0 Å². The highest BCUT2D eigenvalue weighted by Crippen LogP contribution is 2.13. The van der Waals surface area contributed by atoms with Gasteiger partial charge in [0.2, 0.25) is 0 Å². The molecule has 16 heavy (non-hydrogen) atoms. The van der Waals surface area contributed by atoms with Gasteiger partial charge in [0, 0.05) is 13.1 Å². The van der Waals surface area contributed by atoms with Crippen molar-refractivity contribution >= 4 is 17.6 Å². The molecule has 2 N–H and O–H groups in total. The monoisotopic (exact) mass is 227 g/mol. The van der Waals surface area contributed by atoms with Crippen LogP contribution in [0.3, 0.4) is 0 Å². The van der Waals surface area contributed by atoms with Crippen LogP contribution in [0.4, 0.5) is 5.69 Å². The van der Waals surface area contributed by atoms with Gasteiger partial charge >= 0.3 is 5.97 Å². The quantitative estimate of drug-likeness (QED) is 0.558. The first-order chi connectivity index (χ1) is 7.41. The van der Waals surface area contributed by atoms with E-state index in [2.05, 4.69) is 4.98 Å². The number of aromatic nitrogens is 1. The molecule has 1 aromatic rings. The van der Waals surface area contributed by atoms with E-state index in [0.29, 0.717) is 0 Å². The Labute approximate surface area is 89.6 Å². The molecule has 1 aromatic heterocycles. The fraction of sp³-hybridized carbons (Fsp3) is 0.250. The summed E-state index contributed by atoms with van der Waals surface area (Å²) in [6.45, 7) is -0.467. The standard InChI is InChI=1S/C8H9N3O5/c1-10(4-7(12)13)8(14)6-2-5(3-9-6)11(15)16/h2-3,9H,4H2,1H3,(H,12,13). The Morgan fingerprint density at radius 3 is 2.69 bits per heavy atom. The molecule has 0 unspecified atom stereocenters. The third-order valence-electron chi connectivity index (χ3n) is 1.83. The number of nitrogens with zero attached hydrogens (tertiary/aromatic N) is 2. The van der Waals surface area contributed by atoms with Gasteiger partial charge in [-0.3, -0.25) is 19.7 Å². The summed E-state index contributed by atoms with van der Waals surface area (Å²) in [6.07, 6.45) is 1.07. The molecular weight excluding hydrogens is 218 g/mol. The van der Waals surface area contributed by atoms with Crippen molar-refractivity contribution in [1.82, 2.24) is 9.88 Å². The molecule has 0 aliphatic heterocycles. The number of aromatic amines is 1. The number of carboxylic acid groups (broad SMARTS) is 1. The molecule has 0 bridgehead atoms. The number of hydrogen-bond donors (Lipinski definition) is 2. The van der Waals surface area contributed by atoms with Crippen LogP contribution in [0.15, 0.2) is 12.3 Å². The molecule has 0 fully saturated rings. The highest BCUT2D eigenvalue weighted by atomic mass is 16.6. The maximum atomic E-state index is 11.5. The first kappa shape index (κ1) is 11.7. The Bertz CT molecular complexity index is 439. The van der Waals surface area contributed by atoms with E-state index in [4.69, 9.17) is 5.11 Å². The summed E-state index contributed by atoms with van der Waals surface area (Å²) in [5.74, 6) is -1.77. The number of carbonyl (C=O) groups is 2. The predicted octanol–water partition coefficient (Wildman–Crippen LogP) is 0.0795. The third-order valence-corrected chi connectivity index (χ3v) is 1.83. The number of hydrogen-bond acceptors (Lipinski definition) is 4. The largest absolute Gasteiger partial charge is 0.480 e. The Kier molecular flexibility index (Phi) is 3.24. The Morgan fingerprint density at radius 1 is 1.62 bits per heavy atom. The second kappa shape index (κ2) is 4.43. The number of nitrogens with one attached hydrogen (secondary N) is 1. The van der Waals surface area contributed by atoms with Gasteiger partial charge in [-0.15, -0.1) is 0 Å². The van der Waals surface area contributed by atoms with Crippen LogP contribution in [-0.4, -0.2) is 45.4 Å². The van der Waals surface area contributed by atoms with Crippen molar-refractivity contribution in [2.45, 2.75) is 0 Å². The lowest BCUT2D eigenvalue weighted by atomic mass is 10.3. The van der Waals surface area contributed by atoms with Gasteiger partial charge in [0.15, 0.2) is 0 Å². The lowest BCUT2D eigenvalue weighted by molar-refractivity contribution is -0.384. The molecule has 1 heterocycles. The molecule has 1 rings (SSSR count). The van der Waals surface area contributed by atoms with Gasteiger partial charge in [0.1, 0.15) is 12.2 Å². The number of aliphatic carboxylic acids is 1. The van der Waals surface area contributed by atoms with Crippen LogP contribution < -0.4 is 0 Å². The van der Waals surface area contributed by atoms with Gasteiger partial charge in [-0.1, -0.05) is 0 Å². The van der Waals surface area contributed by atoms with Crippen molar-refractivity contribution in [3.05, 3.63) is 28.1 Å². The van der Waals surface area contributed by atoms with E-state index >= 15 is 0 Å². The first-order valence-corrected chi connectivity index (χ1v) is 4.22. The molecule has 8 nitrogen and oxygen atoms in total. The molecule has 0 saturated carbocycles. The molecule has 8 heteroatoms. The summed E-state index contributed by atoms with van der Waals surface area (Å²) in [7, 11) is 1.29. The zero-order valence-corrected chi connectivity index (χ0v) is 8.34. The third kappa shape index (κ3) is 2.56. The SMILES string of the molecule is CN(CC(=O)O)C(=O)c1cc([N+](=O)[O-])c[nH]1. The summed E-state index contributed by atoms with van der Waals surface area (Å²) in [6, 6.07) is 1.06. The topological polar surface area (TPSA) is 117 Å². The van der Waals surface area contributed by atoms with E-state index in [9.17, 15) is 19.7 Å². The maximum absolute atomic E-state index is 11.5. The number of H-pyrrole nitrogens is 1. The lowest BCUT2D eigenvalue weighted by Crippen LogP contribution is -2.32. The van der Waals surface area contributed by atoms with E-state index in [1.54, 1.807) is 0 Å². The highest BCUT2D eigenvalue weighted by Gasteiger charge is 2.18. The minimum atomic E-state index is -1.16. The van der Waals surface area contributed by atoms with Crippen LogP contribution in [-0.2, 0) is 4.79 Å². The second-order valence-electron chi connectivity index (χ2n) is 3.08. The fourth-order valence-corrected chi connectivity index (χ4v) is 1.09. The van der Waals surface area contributed by atoms with Crippen LogP contribution in [0.1, 0.15) is 10.5 Å². The van der Waals surface area contributed by atoms with E-state index in [1.165, 1.54) is 7.05 Å². The average molecular weight is 227 g/mol. The van der Waals surface area contributed by atoms with E-state index in [0.717, 1.165) is 17.2 Å². The van der Waals surface area contributed by atoms with Crippen LogP contribution in [0.2, 0.25) is 0 Å². The number of carboxylic acids is 1.